The summed E-state index contributed by atoms with van der Waals surface area (Å²) in [4.78, 5) is 22.7. The average Bonchev–Trinajstić information content (AvgIpc) is 2.29. The molecule has 0 atom stereocenters. The Bertz CT molecular complexity index is 303. The van der Waals surface area contributed by atoms with E-state index >= 15 is 0 Å². The Morgan fingerprint density at radius 3 is 1.70 bits per heavy atom. The first-order chi connectivity index (χ1) is 9.03. The molecule has 2 rings (SSSR count). The van der Waals surface area contributed by atoms with Crippen molar-refractivity contribution >= 4 is 11.9 Å². The Balaban J connectivity index is -0.000000134. The minimum Gasteiger partial charge on any atom is -0.549 e. The first-order valence-corrected chi connectivity index (χ1v) is 6.46. The van der Waals surface area contributed by atoms with Gasteiger partial charge < -0.3 is 46.7 Å². The molecule has 1 heterocycles. The molecule has 8 N–H and O–H groups in total. The Kier molecular flexibility index (Phi) is 19.7. The first-order valence-electron chi connectivity index (χ1n) is 6.46. The number of carbonyl (C=O) groups is 2. The number of ether oxygens (including phenoxy) is 1. The number of nitrogens with two attached hydrogens (primary N) is 1. The number of aliphatic carboxylic acids is 2. The maximum atomic E-state index is 10.2. The van der Waals surface area contributed by atoms with Crippen molar-refractivity contribution in [1.29, 1.82) is 0 Å². The van der Waals surface area contributed by atoms with Crippen LogP contribution in [-0.4, -0.2) is 72.7 Å². The summed E-state index contributed by atoms with van der Waals surface area (Å²) in [7, 11) is 0. The minimum atomic E-state index is -1.67. The van der Waals surface area contributed by atoms with Gasteiger partial charge in [0.25, 0.3) is 0 Å². The first kappa shape index (κ1) is 30.3. The van der Waals surface area contributed by atoms with Gasteiger partial charge in [-0.05, 0) is 12.8 Å². The second-order valence-electron chi connectivity index (χ2n) is 4.75. The van der Waals surface area contributed by atoms with Gasteiger partial charge in [0.05, 0.1) is 25.2 Å². The van der Waals surface area contributed by atoms with Crippen LogP contribution in [-0.2, 0) is 35.4 Å². The summed E-state index contributed by atoms with van der Waals surface area (Å²) in [6.45, 7) is 5.64. The molecule has 0 unspecified atom stereocenters. The molecule has 0 radical (unpaired) electrons. The number of morpholine rings is 1. The van der Waals surface area contributed by atoms with Crippen molar-refractivity contribution in [2.24, 2.45) is 11.1 Å². The molecule has 2 aliphatic rings. The fourth-order valence-corrected chi connectivity index (χ4v) is 2.03. The van der Waals surface area contributed by atoms with E-state index in [1.54, 1.807) is 0 Å². The van der Waals surface area contributed by atoms with Crippen LogP contribution in [0.3, 0.4) is 0 Å². The van der Waals surface area contributed by atoms with Crippen molar-refractivity contribution in [3.05, 3.63) is 0 Å². The summed E-state index contributed by atoms with van der Waals surface area (Å²) in [5.74, 6) is -3.03. The summed E-state index contributed by atoms with van der Waals surface area (Å²) in [5.41, 5.74) is 3.71. The van der Waals surface area contributed by atoms with Crippen LogP contribution in [0.2, 0.25) is 0 Å². The Labute approximate surface area is 149 Å². The third kappa shape index (κ3) is 8.71. The van der Waals surface area contributed by atoms with Crippen molar-refractivity contribution in [2.75, 3.05) is 39.4 Å². The molecule has 1 saturated carbocycles. The quantitative estimate of drug-likeness (QED) is 0.354. The molecule has 23 heavy (non-hydrogen) atoms. The third-order valence-electron chi connectivity index (χ3n) is 3.54. The molecule has 11 heteroatoms. The zero-order valence-electron chi connectivity index (χ0n) is 12.7. The van der Waals surface area contributed by atoms with Gasteiger partial charge in [0.15, 0.2) is 0 Å². The predicted molar refractivity (Wildman–Crippen MR) is 73.5 cm³/mol. The molecule has 0 aromatic heterocycles. The number of carboxylic acids is 2. The van der Waals surface area contributed by atoms with Gasteiger partial charge in [0.1, 0.15) is 0 Å². The molecule has 0 bridgehead atoms. The molecule has 10 nitrogen and oxygen atoms in total. The van der Waals surface area contributed by atoms with Crippen molar-refractivity contribution in [3.8, 4) is 0 Å². The summed E-state index contributed by atoms with van der Waals surface area (Å²) in [5, 5.41) is 20.4. The minimum absolute atomic E-state index is 0. The molecule has 0 amide bonds. The summed E-state index contributed by atoms with van der Waals surface area (Å²) in [6.07, 6.45) is 0.928. The van der Waals surface area contributed by atoms with Crippen LogP contribution in [0.15, 0.2) is 0 Å². The Morgan fingerprint density at radius 2 is 1.48 bits per heavy atom. The van der Waals surface area contributed by atoms with Crippen LogP contribution in [0.1, 0.15) is 19.3 Å². The fraction of sp³-hybridized carbons (Fsp3) is 0.833. The number of nitrogens with zero attached hydrogens (tertiary/aromatic N) is 1. The van der Waals surface area contributed by atoms with Crippen molar-refractivity contribution in [1.82, 2.24) is 4.90 Å². The maximum Gasteiger partial charge on any atom is 4.00 e. The third-order valence-corrected chi connectivity index (χ3v) is 3.54. The Morgan fingerprint density at radius 1 is 1.04 bits per heavy atom. The van der Waals surface area contributed by atoms with Gasteiger partial charge >= 0.3 is 21.1 Å². The molecule has 140 valence electrons. The second kappa shape index (κ2) is 14.9. The van der Waals surface area contributed by atoms with Crippen LogP contribution in [0.5, 0.6) is 0 Å². The van der Waals surface area contributed by atoms with Crippen molar-refractivity contribution in [3.63, 3.8) is 0 Å². The van der Waals surface area contributed by atoms with E-state index in [0.29, 0.717) is 6.42 Å². The van der Waals surface area contributed by atoms with Crippen LogP contribution in [0.4, 0.5) is 0 Å². The van der Waals surface area contributed by atoms with Crippen LogP contribution >= 0.6 is 0 Å². The van der Waals surface area contributed by atoms with E-state index in [4.69, 9.17) is 10.5 Å². The standard InChI is InChI=1S/C6H14N2O.C6H8O4.3H2O.Pt/c7-1-2-8-3-5-9-6-4-8;7-4(8)6(5(9)10)2-1-3-6;;;;/h1-7H2;1-3H2,(H,7,8)(H,9,10);3*1H2;/q;;;;;+4/p-2. The molecule has 0 aromatic carbocycles. The maximum absolute atomic E-state index is 10.2. The predicted octanol–water partition coefficient (Wildman–Crippen LogP) is -5.54. The number of carbonyl (C=O) groups excluding carboxylic acids is 2. The monoisotopic (exact) mass is 521 g/mol. The van der Waals surface area contributed by atoms with Crippen molar-refractivity contribution < 1.29 is 62.0 Å². The SMILES string of the molecule is NCCN1CCOCC1.O.O.O.O=C([O-])C1(C(=O)[O-])CCC1.[Pt+4]. The molecule has 1 saturated heterocycles. The molecule has 0 aromatic rings. The van der Waals surface area contributed by atoms with Gasteiger partial charge in [0.2, 0.25) is 0 Å². The smallest absolute Gasteiger partial charge is 0.549 e. The van der Waals surface area contributed by atoms with Gasteiger partial charge in [-0.1, -0.05) is 6.42 Å². The van der Waals surface area contributed by atoms with Gasteiger partial charge in [-0.3, -0.25) is 4.90 Å². The summed E-state index contributed by atoms with van der Waals surface area (Å²) >= 11 is 0. The number of carboxylic acid groups (broad SMARTS) is 2. The number of rotatable bonds is 4. The zero-order valence-corrected chi connectivity index (χ0v) is 15.0. The Hall–Kier alpha value is -0.612. The average molecular weight is 521 g/mol. The van der Waals surface area contributed by atoms with Crippen molar-refractivity contribution in [2.45, 2.75) is 19.3 Å². The molecule has 0 spiro atoms. The van der Waals surface area contributed by atoms with Gasteiger partial charge in [-0.2, -0.15) is 0 Å². The second-order valence-corrected chi connectivity index (χ2v) is 4.75. The molecule has 2 fully saturated rings. The van der Waals surface area contributed by atoms with E-state index in [-0.39, 0.29) is 50.3 Å². The topological polar surface area (TPSA) is 213 Å². The molecular weight excluding hydrogens is 495 g/mol. The molecular formula is C12H26N2O8Pt+2. The number of hydrogen-bond donors (Lipinski definition) is 1. The van der Waals surface area contributed by atoms with Gasteiger partial charge in [-0.25, -0.2) is 0 Å². The van der Waals surface area contributed by atoms with Crippen LogP contribution in [0, 0.1) is 5.41 Å². The zero-order chi connectivity index (χ0) is 14.3. The van der Waals surface area contributed by atoms with Crippen LogP contribution < -0.4 is 15.9 Å². The fourth-order valence-electron chi connectivity index (χ4n) is 2.03. The van der Waals surface area contributed by atoms with E-state index in [9.17, 15) is 19.8 Å². The van der Waals surface area contributed by atoms with Crippen LogP contribution in [0.25, 0.3) is 0 Å². The van der Waals surface area contributed by atoms with Gasteiger partial charge in [0, 0.05) is 31.6 Å². The van der Waals surface area contributed by atoms with E-state index in [1.807, 2.05) is 0 Å². The van der Waals surface area contributed by atoms with E-state index in [2.05, 4.69) is 4.90 Å². The summed E-state index contributed by atoms with van der Waals surface area (Å²) < 4.78 is 5.16. The van der Waals surface area contributed by atoms with E-state index in [0.717, 1.165) is 39.4 Å². The van der Waals surface area contributed by atoms with E-state index < -0.39 is 17.4 Å². The van der Waals surface area contributed by atoms with E-state index in [1.165, 1.54) is 0 Å². The molecule has 1 aliphatic heterocycles. The largest absolute Gasteiger partial charge is 4.00 e. The number of hydrogen-bond acceptors (Lipinski definition) is 7. The normalized spacial score (nSPS) is 18.0. The molecule has 1 aliphatic carbocycles. The van der Waals surface area contributed by atoms with Gasteiger partial charge in [-0.15, -0.1) is 0 Å². The summed E-state index contributed by atoms with van der Waals surface area (Å²) in [6, 6.07) is 0.